The maximum Gasteiger partial charge on any atom is 0.319 e. The second-order valence-electron chi connectivity index (χ2n) is 6.77. The van der Waals surface area contributed by atoms with Crippen molar-refractivity contribution in [3.63, 3.8) is 0 Å². The van der Waals surface area contributed by atoms with Crippen molar-refractivity contribution in [1.29, 1.82) is 0 Å². The monoisotopic (exact) mass is 459 g/mol. The van der Waals surface area contributed by atoms with E-state index in [1.165, 1.54) is 18.2 Å². The number of nitrogens with one attached hydrogen (secondary N) is 3. The van der Waals surface area contributed by atoms with Gasteiger partial charge in [-0.15, -0.1) is 0 Å². The molecule has 2 amide bonds. The minimum absolute atomic E-state index is 0.00217. The highest BCUT2D eigenvalue weighted by Gasteiger charge is 2.17. The van der Waals surface area contributed by atoms with E-state index in [2.05, 4.69) is 20.3 Å². The molecule has 2 aromatic carbocycles. The molecule has 0 radical (unpaired) electrons. The SMILES string of the molecule is Cc1nc(-c2cccc(NC(=O)NCCNS(=O)(=O)c3cccc([N+](=O)[O-])c3)c2)oc1C. The summed E-state index contributed by atoms with van der Waals surface area (Å²) in [4.78, 5) is 26.3. The van der Waals surface area contributed by atoms with Gasteiger partial charge in [-0.25, -0.2) is 22.9 Å². The average Bonchev–Trinajstić information content (AvgIpc) is 3.10. The van der Waals surface area contributed by atoms with Crippen molar-refractivity contribution in [1.82, 2.24) is 15.0 Å². The minimum Gasteiger partial charge on any atom is -0.441 e. The highest BCUT2D eigenvalue weighted by atomic mass is 32.2. The van der Waals surface area contributed by atoms with Crippen LogP contribution in [-0.2, 0) is 10.0 Å². The molecule has 3 rings (SSSR count). The topological polar surface area (TPSA) is 156 Å². The zero-order chi connectivity index (χ0) is 23.3. The van der Waals surface area contributed by atoms with Gasteiger partial charge in [0, 0.05) is 36.5 Å². The smallest absolute Gasteiger partial charge is 0.319 e. The molecule has 0 saturated carbocycles. The Morgan fingerprint density at radius 3 is 2.56 bits per heavy atom. The van der Waals surface area contributed by atoms with Gasteiger partial charge in [-0.3, -0.25) is 10.1 Å². The van der Waals surface area contributed by atoms with Crippen LogP contribution in [-0.4, -0.2) is 37.4 Å². The lowest BCUT2D eigenvalue weighted by Gasteiger charge is -2.10. The van der Waals surface area contributed by atoms with Gasteiger partial charge in [-0.05, 0) is 38.1 Å². The number of benzene rings is 2. The number of non-ortho nitro benzene ring substituents is 1. The molecule has 12 heteroatoms. The largest absolute Gasteiger partial charge is 0.441 e. The second kappa shape index (κ2) is 9.58. The third-order valence-corrected chi connectivity index (χ3v) is 5.90. The summed E-state index contributed by atoms with van der Waals surface area (Å²) >= 11 is 0. The Hall–Kier alpha value is -3.77. The number of urea groups is 1. The first-order valence-corrected chi connectivity index (χ1v) is 11.0. The summed E-state index contributed by atoms with van der Waals surface area (Å²) in [5, 5.41) is 16.0. The van der Waals surface area contributed by atoms with E-state index in [1.807, 2.05) is 13.8 Å². The Labute approximate surface area is 184 Å². The number of sulfonamides is 1. The molecule has 168 valence electrons. The summed E-state index contributed by atoms with van der Waals surface area (Å²) in [6, 6.07) is 11.1. The molecule has 0 spiro atoms. The summed E-state index contributed by atoms with van der Waals surface area (Å²) in [6.07, 6.45) is 0. The van der Waals surface area contributed by atoms with Crippen LogP contribution in [0.2, 0.25) is 0 Å². The lowest BCUT2D eigenvalue weighted by Crippen LogP contribution is -2.36. The fraction of sp³-hybridized carbons (Fsp3) is 0.200. The summed E-state index contributed by atoms with van der Waals surface area (Å²) in [6.45, 7) is 3.55. The Balaban J connectivity index is 1.52. The van der Waals surface area contributed by atoms with Crippen LogP contribution in [0.5, 0.6) is 0 Å². The predicted octanol–water partition coefficient (Wildman–Crippen LogP) is 2.97. The molecule has 0 aliphatic rings. The molecule has 1 aromatic heterocycles. The number of carbonyl (C=O) groups excluding carboxylic acids is 1. The highest BCUT2D eigenvalue weighted by molar-refractivity contribution is 7.89. The molecule has 0 unspecified atom stereocenters. The third-order valence-electron chi connectivity index (χ3n) is 4.44. The second-order valence-corrected chi connectivity index (χ2v) is 8.54. The van der Waals surface area contributed by atoms with Gasteiger partial charge in [0.2, 0.25) is 15.9 Å². The first-order chi connectivity index (χ1) is 15.2. The van der Waals surface area contributed by atoms with Crippen LogP contribution in [0, 0.1) is 24.0 Å². The fourth-order valence-corrected chi connectivity index (χ4v) is 3.78. The number of nitro groups is 1. The Morgan fingerprint density at radius 1 is 1.12 bits per heavy atom. The van der Waals surface area contributed by atoms with Crippen molar-refractivity contribution in [3.8, 4) is 11.5 Å². The van der Waals surface area contributed by atoms with Crippen LogP contribution in [0.25, 0.3) is 11.5 Å². The van der Waals surface area contributed by atoms with E-state index in [4.69, 9.17) is 4.42 Å². The van der Waals surface area contributed by atoms with Gasteiger partial charge >= 0.3 is 6.03 Å². The predicted molar refractivity (Wildman–Crippen MR) is 117 cm³/mol. The van der Waals surface area contributed by atoms with Gasteiger partial charge in [0.05, 0.1) is 15.5 Å². The molecular formula is C20H21N5O6S. The highest BCUT2D eigenvalue weighted by Crippen LogP contribution is 2.24. The van der Waals surface area contributed by atoms with Crippen molar-refractivity contribution in [2.75, 3.05) is 18.4 Å². The summed E-state index contributed by atoms with van der Waals surface area (Å²) in [5.41, 5.74) is 1.65. The van der Waals surface area contributed by atoms with Crippen molar-refractivity contribution >= 4 is 27.4 Å². The summed E-state index contributed by atoms with van der Waals surface area (Å²) in [5.74, 6) is 1.16. The summed E-state index contributed by atoms with van der Waals surface area (Å²) < 4.78 is 32.4. The van der Waals surface area contributed by atoms with Crippen molar-refractivity contribution in [2.24, 2.45) is 0 Å². The van der Waals surface area contributed by atoms with E-state index in [9.17, 15) is 23.3 Å². The van der Waals surface area contributed by atoms with Gasteiger partial charge in [-0.1, -0.05) is 12.1 Å². The van der Waals surface area contributed by atoms with Crippen LogP contribution in [0.4, 0.5) is 16.2 Å². The minimum atomic E-state index is -3.95. The number of hydrogen-bond acceptors (Lipinski definition) is 7. The maximum absolute atomic E-state index is 12.3. The number of rotatable bonds is 8. The molecule has 32 heavy (non-hydrogen) atoms. The van der Waals surface area contributed by atoms with E-state index in [0.717, 1.165) is 11.8 Å². The van der Waals surface area contributed by atoms with E-state index >= 15 is 0 Å². The number of nitrogens with zero attached hydrogens (tertiary/aromatic N) is 2. The molecule has 0 aliphatic heterocycles. The number of nitro benzene ring substituents is 1. The number of aryl methyl sites for hydroxylation is 2. The lowest BCUT2D eigenvalue weighted by atomic mass is 10.2. The Kier molecular flexibility index (Phi) is 6.85. The number of anilines is 1. The van der Waals surface area contributed by atoms with Gasteiger partial charge < -0.3 is 15.1 Å². The van der Waals surface area contributed by atoms with Crippen LogP contribution in [0.1, 0.15) is 11.5 Å². The van der Waals surface area contributed by atoms with Gasteiger partial charge in [-0.2, -0.15) is 0 Å². The number of carbonyl (C=O) groups is 1. The molecule has 0 fully saturated rings. The fourth-order valence-electron chi connectivity index (χ4n) is 2.71. The average molecular weight is 459 g/mol. The van der Waals surface area contributed by atoms with Crippen molar-refractivity contribution < 1.29 is 22.6 Å². The van der Waals surface area contributed by atoms with Gasteiger partial charge in [0.15, 0.2) is 0 Å². The molecule has 0 saturated heterocycles. The van der Waals surface area contributed by atoms with Gasteiger partial charge in [0.25, 0.3) is 5.69 Å². The normalized spacial score (nSPS) is 11.2. The standard InChI is InChI=1S/C20H21N5O6S/c1-13-14(2)31-19(23-13)15-5-3-6-16(11-15)24-20(26)21-9-10-22-32(29,30)18-8-4-7-17(12-18)25(27)28/h3-8,11-12,22H,9-10H2,1-2H3,(H2,21,24,26). The van der Waals surface area contributed by atoms with E-state index in [0.29, 0.717) is 22.9 Å². The zero-order valence-corrected chi connectivity index (χ0v) is 18.1. The maximum atomic E-state index is 12.3. The quantitative estimate of drug-likeness (QED) is 0.265. The molecule has 0 atom stereocenters. The number of aromatic nitrogens is 1. The number of oxazole rings is 1. The van der Waals surface area contributed by atoms with Crippen LogP contribution >= 0.6 is 0 Å². The van der Waals surface area contributed by atoms with E-state index < -0.39 is 21.0 Å². The van der Waals surface area contributed by atoms with Gasteiger partial charge in [0.1, 0.15) is 5.76 Å². The van der Waals surface area contributed by atoms with Crippen LogP contribution in [0.3, 0.4) is 0 Å². The molecule has 0 aliphatic carbocycles. The van der Waals surface area contributed by atoms with E-state index in [-0.39, 0.29) is 23.7 Å². The van der Waals surface area contributed by atoms with Crippen molar-refractivity contribution in [3.05, 3.63) is 70.1 Å². The number of hydrogen-bond donors (Lipinski definition) is 3. The number of amides is 2. The zero-order valence-electron chi connectivity index (χ0n) is 17.3. The molecule has 1 heterocycles. The lowest BCUT2D eigenvalue weighted by molar-refractivity contribution is -0.385. The van der Waals surface area contributed by atoms with Crippen molar-refractivity contribution in [2.45, 2.75) is 18.7 Å². The summed E-state index contributed by atoms with van der Waals surface area (Å²) in [7, 11) is -3.95. The Bertz CT molecular complexity index is 1240. The molecule has 0 bridgehead atoms. The first kappa shape index (κ1) is 22.9. The molecule has 3 N–H and O–H groups in total. The third kappa shape index (κ3) is 5.68. The first-order valence-electron chi connectivity index (χ1n) is 9.49. The molecular weight excluding hydrogens is 438 g/mol. The molecule has 3 aromatic rings. The van der Waals surface area contributed by atoms with Crippen LogP contribution in [0.15, 0.2) is 57.8 Å². The molecule has 11 nitrogen and oxygen atoms in total. The van der Waals surface area contributed by atoms with E-state index in [1.54, 1.807) is 24.3 Å². The Morgan fingerprint density at radius 2 is 1.88 bits per heavy atom. The van der Waals surface area contributed by atoms with Crippen LogP contribution < -0.4 is 15.4 Å².